The molecule has 0 saturated carbocycles. The molecule has 0 radical (unpaired) electrons. The predicted molar refractivity (Wildman–Crippen MR) is 144 cm³/mol. The van der Waals surface area contributed by atoms with Gasteiger partial charge in [0.05, 0.1) is 37.2 Å². The van der Waals surface area contributed by atoms with Crippen molar-refractivity contribution in [1.82, 2.24) is 0 Å². The van der Waals surface area contributed by atoms with Crippen LogP contribution in [0.15, 0.2) is 72.8 Å². The first kappa shape index (κ1) is 25.6. The van der Waals surface area contributed by atoms with Crippen molar-refractivity contribution in [3.63, 3.8) is 0 Å². The summed E-state index contributed by atoms with van der Waals surface area (Å²) in [5.41, 5.74) is 2.04. The van der Waals surface area contributed by atoms with Crippen LogP contribution in [0.1, 0.15) is 38.8 Å². The second kappa shape index (κ2) is 11.1. The van der Waals surface area contributed by atoms with Crippen LogP contribution in [0.4, 0.5) is 11.4 Å². The monoisotopic (exact) mass is 516 g/mol. The third-order valence-corrected chi connectivity index (χ3v) is 6.60. The maximum atomic E-state index is 13.9. The van der Waals surface area contributed by atoms with Gasteiger partial charge >= 0.3 is 0 Å². The highest BCUT2D eigenvalue weighted by molar-refractivity contribution is 6.23. The topological polar surface area (TPSA) is 77.5 Å². The Morgan fingerprint density at radius 1 is 0.763 bits per heavy atom. The van der Waals surface area contributed by atoms with Gasteiger partial charge in [-0.2, -0.15) is 0 Å². The average molecular weight is 517 g/mol. The molecule has 0 aliphatic carbocycles. The lowest BCUT2D eigenvalue weighted by Crippen LogP contribution is -2.37. The smallest absolute Gasteiger partial charge is 0.266 e. The Labute approximate surface area is 222 Å². The van der Waals surface area contributed by atoms with E-state index in [-0.39, 0.29) is 11.8 Å². The van der Waals surface area contributed by atoms with Gasteiger partial charge in [0.1, 0.15) is 11.7 Å². The largest absolute Gasteiger partial charge is 0.494 e. The molecule has 0 bridgehead atoms. The first-order chi connectivity index (χ1) is 18.6. The fraction of sp³-hybridized carbons (Fsp3) is 0.333. The minimum Gasteiger partial charge on any atom is -0.494 e. The summed E-state index contributed by atoms with van der Waals surface area (Å²) in [7, 11) is 0. The minimum absolute atomic E-state index is 0.308. The number of hydrogen-bond donors (Lipinski definition) is 0. The Balaban J connectivity index is 1.54. The highest BCUT2D eigenvalue weighted by Gasteiger charge is 2.60. The van der Waals surface area contributed by atoms with Gasteiger partial charge in [-0.25, -0.2) is 9.96 Å². The Kier molecular flexibility index (Phi) is 7.51. The van der Waals surface area contributed by atoms with Crippen LogP contribution in [0.5, 0.6) is 17.2 Å². The van der Waals surface area contributed by atoms with Crippen molar-refractivity contribution in [2.24, 2.45) is 5.92 Å². The summed E-state index contributed by atoms with van der Waals surface area (Å²) in [6.45, 7) is 7.41. The molecule has 198 valence electrons. The first-order valence-corrected chi connectivity index (χ1v) is 13.1. The van der Waals surface area contributed by atoms with Crippen LogP contribution in [0, 0.1) is 5.92 Å². The Hall–Kier alpha value is -4.04. The molecule has 3 aromatic carbocycles. The zero-order valence-corrected chi connectivity index (χ0v) is 21.8. The molecule has 2 saturated heterocycles. The Bertz CT molecular complexity index is 1280. The summed E-state index contributed by atoms with van der Waals surface area (Å²) >= 11 is 0. The van der Waals surface area contributed by atoms with Gasteiger partial charge in [0.2, 0.25) is 5.91 Å². The summed E-state index contributed by atoms with van der Waals surface area (Å²) in [5.74, 6) is 0.469. The molecule has 3 atom stereocenters. The van der Waals surface area contributed by atoms with E-state index in [4.69, 9.17) is 19.0 Å². The maximum Gasteiger partial charge on any atom is 0.266 e. The first-order valence-electron chi connectivity index (χ1n) is 13.1. The maximum absolute atomic E-state index is 13.9. The van der Waals surface area contributed by atoms with Gasteiger partial charge in [-0.05, 0) is 74.4 Å². The molecular formula is C30H32N2O6. The molecule has 0 spiro atoms. The quantitative estimate of drug-likeness (QED) is 0.337. The van der Waals surface area contributed by atoms with Gasteiger partial charge in [0, 0.05) is 0 Å². The van der Waals surface area contributed by atoms with Gasteiger partial charge in [0.15, 0.2) is 17.6 Å². The number of nitrogens with zero attached hydrogens (tertiary/aromatic N) is 2. The van der Waals surface area contributed by atoms with Gasteiger partial charge in [-0.15, -0.1) is 0 Å². The second-order valence-corrected chi connectivity index (χ2v) is 9.08. The number of ether oxygens (including phenoxy) is 3. The van der Waals surface area contributed by atoms with E-state index in [2.05, 4.69) is 0 Å². The molecule has 2 heterocycles. The number of carbonyl (C=O) groups is 2. The standard InChI is InChI=1S/C30H32N2O6/c1-4-18-37-24-17-12-20(19-25(24)36-6-3)27-26-28(38-32(27)22-10-8-7-9-11-22)30(34)31(29(26)33)21-13-15-23(16-14-21)35-5-2/h7-17,19,26-28H,4-6,18H2,1-3H3/t26-,27+,28-/m0/s1. The summed E-state index contributed by atoms with van der Waals surface area (Å²) in [6, 6.07) is 21.6. The van der Waals surface area contributed by atoms with Gasteiger partial charge < -0.3 is 14.2 Å². The van der Waals surface area contributed by atoms with E-state index >= 15 is 0 Å². The van der Waals surface area contributed by atoms with Crippen molar-refractivity contribution in [3.8, 4) is 17.2 Å². The zero-order chi connectivity index (χ0) is 26.6. The van der Waals surface area contributed by atoms with E-state index in [1.807, 2.05) is 69.3 Å². The number of rotatable bonds is 10. The van der Waals surface area contributed by atoms with Crippen LogP contribution >= 0.6 is 0 Å². The highest BCUT2D eigenvalue weighted by atomic mass is 16.7. The van der Waals surface area contributed by atoms with Gasteiger partial charge in [0.25, 0.3) is 5.91 Å². The van der Waals surface area contributed by atoms with Crippen molar-refractivity contribution in [1.29, 1.82) is 0 Å². The molecule has 2 aliphatic heterocycles. The molecule has 8 nitrogen and oxygen atoms in total. The SMILES string of the molecule is CCCOc1ccc([C@@H]2[C@@H]3C(=O)N(c4ccc(OCC)cc4)C(=O)[C@H]3ON2c2ccccc2)cc1OCC. The molecule has 0 aromatic heterocycles. The fourth-order valence-electron chi connectivity index (χ4n) is 4.97. The van der Waals surface area contributed by atoms with Crippen LogP contribution in [0.3, 0.4) is 0 Å². The van der Waals surface area contributed by atoms with Crippen LogP contribution < -0.4 is 24.2 Å². The molecule has 0 N–H and O–H groups in total. The van der Waals surface area contributed by atoms with E-state index in [0.29, 0.717) is 42.8 Å². The number of amides is 2. The third kappa shape index (κ3) is 4.67. The minimum atomic E-state index is -0.953. The fourth-order valence-corrected chi connectivity index (χ4v) is 4.97. The van der Waals surface area contributed by atoms with Crippen molar-refractivity contribution < 1.29 is 28.6 Å². The van der Waals surface area contributed by atoms with Crippen LogP contribution in [0.25, 0.3) is 0 Å². The molecule has 5 rings (SSSR count). The van der Waals surface area contributed by atoms with Crippen LogP contribution in [0.2, 0.25) is 0 Å². The lowest BCUT2D eigenvalue weighted by molar-refractivity contribution is -0.126. The van der Waals surface area contributed by atoms with Gasteiger partial charge in [-0.3, -0.25) is 14.4 Å². The summed E-state index contributed by atoms with van der Waals surface area (Å²) < 4.78 is 17.3. The summed E-state index contributed by atoms with van der Waals surface area (Å²) in [6.07, 6.45) is -0.0846. The molecule has 2 amide bonds. The van der Waals surface area contributed by atoms with Crippen molar-refractivity contribution in [2.45, 2.75) is 39.3 Å². The summed E-state index contributed by atoms with van der Waals surface area (Å²) in [4.78, 5) is 35.0. The molecular weight excluding hydrogens is 484 g/mol. The average Bonchev–Trinajstić information content (AvgIpc) is 3.45. The number of fused-ring (bicyclic) bond motifs is 1. The molecule has 2 fully saturated rings. The lowest BCUT2D eigenvalue weighted by atomic mass is 9.90. The van der Waals surface area contributed by atoms with E-state index < -0.39 is 18.1 Å². The van der Waals surface area contributed by atoms with E-state index in [1.165, 1.54) is 4.90 Å². The van der Waals surface area contributed by atoms with E-state index in [0.717, 1.165) is 17.7 Å². The normalized spacial score (nSPS) is 20.6. The molecule has 8 heteroatoms. The molecule has 0 unspecified atom stereocenters. The number of carbonyl (C=O) groups excluding carboxylic acids is 2. The van der Waals surface area contributed by atoms with Crippen LogP contribution in [-0.2, 0) is 14.4 Å². The number of benzene rings is 3. The third-order valence-electron chi connectivity index (χ3n) is 6.60. The van der Waals surface area contributed by atoms with Crippen molar-refractivity contribution in [3.05, 3.63) is 78.4 Å². The number of hydrogen-bond acceptors (Lipinski definition) is 7. The highest BCUT2D eigenvalue weighted by Crippen LogP contribution is 2.48. The van der Waals surface area contributed by atoms with Gasteiger partial charge in [-0.1, -0.05) is 31.2 Å². The Morgan fingerprint density at radius 2 is 1.50 bits per heavy atom. The molecule has 3 aromatic rings. The summed E-state index contributed by atoms with van der Waals surface area (Å²) in [5, 5.41) is 1.68. The zero-order valence-electron chi connectivity index (χ0n) is 21.8. The number of imide groups is 1. The number of para-hydroxylation sites is 1. The predicted octanol–water partition coefficient (Wildman–Crippen LogP) is 5.32. The van der Waals surface area contributed by atoms with E-state index in [9.17, 15) is 9.59 Å². The molecule has 2 aliphatic rings. The van der Waals surface area contributed by atoms with Crippen molar-refractivity contribution in [2.75, 3.05) is 29.8 Å². The lowest BCUT2D eigenvalue weighted by Gasteiger charge is -2.29. The Morgan fingerprint density at radius 3 is 2.18 bits per heavy atom. The second-order valence-electron chi connectivity index (χ2n) is 9.08. The van der Waals surface area contributed by atoms with Crippen LogP contribution in [-0.4, -0.2) is 37.7 Å². The number of hydroxylamine groups is 1. The van der Waals surface area contributed by atoms with Crippen molar-refractivity contribution >= 4 is 23.2 Å². The molecule has 38 heavy (non-hydrogen) atoms. The van der Waals surface area contributed by atoms with E-state index in [1.54, 1.807) is 29.3 Å². The number of anilines is 2.